The highest BCUT2D eigenvalue weighted by Crippen LogP contribution is 2.36. The molecule has 0 unspecified atom stereocenters. The van der Waals surface area contributed by atoms with Crippen LogP contribution in [0.5, 0.6) is 5.75 Å². The predicted molar refractivity (Wildman–Crippen MR) is 112 cm³/mol. The number of anilines is 1. The molecule has 2 fully saturated rings. The van der Waals surface area contributed by atoms with Gasteiger partial charge in [-0.15, -0.1) is 0 Å². The number of benzene rings is 1. The molecule has 164 valence electrons. The summed E-state index contributed by atoms with van der Waals surface area (Å²) in [6, 6.07) is 3.15. The SMILES string of the molecule is CC[C@@H]1Oc2cc(S(=O)(=O)N3CCC[C@@H](C(=O)N4CCCC4)C3)c(C)cc2NC1=O. The zero-order chi connectivity index (χ0) is 21.5. The van der Waals surface area contributed by atoms with E-state index in [1.165, 1.54) is 10.4 Å². The smallest absolute Gasteiger partial charge is 0.265 e. The summed E-state index contributed by atoms with van der Waals surface area (Å²) in [5.41, 5.74) is 1.03. The van der Waals surface area contributed by atoms with E-state index in [2.05, 4.69) is 5.32 Å². The summed E-state index contributed by atoms with van der Waals surface area (Å²) in [4.78, 5) is 26.9. The molecule has 3 heterocycles. The van der Waals surface area contributed by atoms with Gasteiger partial charge < -0.3 is 15.0 Å². The monoisotopic (exact) mass is 435 g/mol. The molecule has 30 heavy (non-hydrogen) atoms. The van der Waals surface area contributed by atoms with Crippen molar-refractivity contribution in [3.05, 3.63) is 17.7 Å². The molecule has 2 amide bonds. The highest BCUT2D eigenvalue weighted by atomic mass is 32.2. The summed E-state index contributed by atoms with van der Waals surface area (Å²) in [5.74, 6) is -0.0670. The average Bonchev–Trinajstić information content (AvgIpc) is 3.27. The number of sulfonamides is 1. The molecule has 0 radical (unpaired) electrons. The van der Waals surface area contributed by atoms with Gasteiger partial charge in [0.25, 0.3) is 5.91 Å². The maximum absolute atomic E-state index is 13.5. The fourth-order valence-electron chi connectivity index (χ4n) is 4.53. The Kier molecular flexibility index (Phi) is 5.76. The third kappa shape index (κ3) is 3.80. The van der Waals surface area contributed by atoms with Crippen LogP contribution in [0, 0.1) is 12.8 Å². The van der Waals surface area contributed by atoms with Crippen molar-refractivity contribution in [1.82, 2.24) is 9.21 Å². The summed E-state index contributed by atoms with van der Waals surface area (Å²) in [6.45, 7) is 5.71. The summed E-state index contributed by atoms with van der Waals surface area (Å²) in [7, 11) is -3.78. The van der Waals surface area contributed by atoms with Crippen LogP contribution in [0.3, 0.4) is 0 Å². The second kappa shape index (κ2) is 8.19. The Balaban J connectivity index is 1.58. The molecule has 2 saturated heterocycles. The van der Waals surface area contributed by atoms with Gasteiger partial charge in [-0.2, -0.15) is 4.31 Å². The van der Waals surface area contributed by atoms with Gasteiger partial charge in [-0.1, -0.05) is 6.92 Å². The number of aryl methyl sites for hydroxylation is 1. The van der Waals surface area contributed by atoms with Gasteiger partial charge in [-0.3, -0.25) is 9.59 Å². The third-order valence-corrected chi connectivity index (χ3v) is 8.24. The van der Waals surface area contributed by atoms with E-state index in [9.17, 15) is 18.0 Å². The lowest BCUT2D eigenvalue weighted by atomic mass is 9.98. The first-order valence-corrected chi connectivity index (χ1v) is 12.2. The van der Waals surface area contributed by atoms with E-state index in [0.29, 0.717) is 36.4 Å². The van der Waals surface area contributed by atoms with Crippen LogP contribution in [-0.2, 0) is 19.6 Å². The second-order valence-corrected chi connectivity index (χ2v) is 10.3. The number of ether oxygens (including phenoxy) is 1. The van der Waals surface area contributed by atoms with Crippen molar-refractivity contribution in [2.75, 3.05) is 31.5 Å². The largest absolute Gasteiger partial charge is 0.478 e. The maximum atomic E-state index is 13.5. The molecule has 3 aliphatic rings. The number of fused-ring (bicyclic) bond motifs is 1. The zero-order valence-electron chi connectivity index (χ0n) is 17.5. The van der Waals surface area contributed by atoms with Crippen molar-refractivity contribution in [3.8, 4) is 5.75 Å². The molecule has 0 aliphatic carbocycles. The van der Waals surface area contributed by atoms with Crippen molar-refractivity contribution < 1.29 is 22.7 Å². The molecule has 0 saturated carbocycles. The van der Waals surface area contributed by atoms with Gasteiger partial charge in [-0.25, -0.2) is 8.42 Å². The third-order valence-electron chi connectivity index (χ3n) is 6.24. The van der Waals surface area contributed by atoms with Crippen molar-refractivity contribution in [2.24, 2.45) is 5.92 Å². The van der Waals surface area contributed by atoms with E-state index in [-0.39, 0.29) is 29.2 Å². The van der Waals surface area contributed by atoms with Gasteiger partial charge in [0, 0.05) is 32.2 Å². The minimum absolute atomic E-state index is 0.0754. The Morgan fingerprint density at radius 1 is 1.20 bits per heavy atom. The van der Waals surface area contributed by atoms with E-state index in [1.807, 2.05) is 11.8 Å². The molecule has 1 N–H and O–H groups in total. The number of amides is 2. The highest BCUT2D eigenvalue weighted by Gasteiger charge is 2.37. The number of nitrogens with zero attached hydrogens (tertiary/aromatic N) is 2. The molecule has 2 atom stereocenters. The number of hydrogen-bond donors (Lipinski definition) is 1. The van der Waals surface area contributed by atoms with Crippen LogP contribution < -0.4 is 10.1 Å². The van der Waals surface area contributed by atoms with Crippen LogP contribution in [-0.4, -0.2) is 61.7 Å². The molecule has 0 bridgehead atoms. The summed E-state index contributed by atoms with van der Waals surface area (Å²) in [6.07, 6.45) is 3.28. The van der Waals surface area contributed by atoms with Crippen molar-refractivity contribution in [1.29, 1.82) is 0 Å². The van der Waals surface area contributed by atoms with E-state index in [1.54, 1.807) is 13.0 Å². The van der Waals surface area contributed by atoms with Crippen molar-refractivity contribution >= 4 is 27.5 Å². The Bertz CT molecular complexity index is 956. The number of rotatable bonds is 4. The fraction of sp³-hybridized carbons (Fsp3) is 0.619. The Morgan fingerprint density at radius 3 is 2.63 bits per heavy atom. The van der Waals surface area contributed by atoms with Gasteiger partial charge >= 0.3 is 0 Å². The summed E-state index contributed by atoms with van der Waals surface area (Å²) in [5, 5.41) is 2.79. The Labute approximate surface area is 177 Å². The maximum Gasteiger partial charge on any atom is 0.265 e. The number of hydrogen-bond acceptors (Lipinski definition) is 5. The highest BCUT2D eigenvalue weighted by molar-refractivity contribution is 7.89. The predicted octanol–water partition coefficient (Wildman–Crippen LogP) is 2.13. The molecule has 9 heteroatoms. The van der Waals surface area contributed by atoms with Crippen LogP contribution in [0.15, 0.2) is 17.0 Å². The lowest BCUT2D eigenvalue weighted by Gasteiger charge is -2.34. The molecule has 4 rings (SSSR count). The second-order valence-electron chi connectivity index (χ2n) is 8.35. The minimum Gasteiger partial charge on any atom is -0.478 e. The molecule has 0 spiro atoms. The first kappa shape index (κ1) is 21.1. The molecule has 1 aromatic rings. The molecule has 3 aliphatic heterocycles. The van der Waals surface area contributed by atoms with Crippen molar-refractivity contribution in [2.45, 2.75) is 57.0 Å². The number of carbonyl (C=O) groups is 2. The lowest BCUT2D eigenvalue weighted by Crippen LogP contribution is -2.46. The summed E-state index contributed by atoms with van der Waals surface area (Å²) < 4.78 is 34.1. The lowest BCUT2D eigenvalue weighted by molar-refractivity contribution is -0.135. The van der Waals surface area contributed by atoms with E-state index < -0.39 is 16.1 Å². The number of piperidine rings is 1. The topological polar surface area (TPSA) is 96.0 Å². The van der Waals surface area contributed by atoms with Crippen LogP contribution in [0.1, 0.15) is 44.6 Å². The standard InChI is InChI=1S/C21H29N3O5S/c1-3-17-20(25)22-16-11-14(2)19(12-18(16)29-17)30(27,28)24-10-6-7-15(13-24)21(26)23-8-4-5-9-23/h11-12,15,17H,3-10,13H2,1-2H3,(H,22,25)/t15-,17+/m1/s1. The first-order valence-electron chi connectivity index (χ1n) is 10.7. The van der Waals surface area contributed by atoms with E-state index in [0.717, 1.165) is 32.4 Å². The van der Waals surface area contributed by atoms with E-state index in [4.69, 9.17) is 4.74 Å². The average molecular weight is 436 g/mol. The first-order chi connectivity index (χ1) is 14.3. The summed E-state index contributed by atoms with van der Waals surface area (Å²) >= 11 is 0. The quantitative estimate of drug-likeness (QED) is 0.782. The van der Waals surface area contributed by atoms with Crippen LogP contribution >= 0.6 is 0 Å². The van der Waals surface area contributed by atoms with Crippen LogP contribution in [0.4, 0.5) is 5.69 Å². The number of nitrogens with one attached hydrogen (secondary N) is 1. The van der Waals surface area contributed by atoms with Gasteiger partial charge in [0.1, 0.15) is 5.75 Å². The Hall–Kier alpha value is -2.13. The normalized spacial score (nSPS) is 24.9. The van der Waals surface area contributed by atoms with Gasteiger partial charge in [0.2, 0.25) is 15.9 Å². The molecular weight excluding hydrogens is 406 g/mol. The van der Waals surface area contributed by atoms with E-state index >= 15 is 0 Å². The molecule has 1 aromatic carbocycles. The molecule has 0 aromatic heterocycles. The van der Waals surface area contributed by atoms with Crippen molar-refractivity contribution in [3.63, 3.8) is 0 Å². The fourth-order valence-corrected chi connectivity index (χ4v) is 6.27. The van der Waals surface area contributed by atoms with Gasteiger partial charge in [0.05, 0.1) is 16.5 Å². The minimum atomic E-state index is -3.78. The number of likely N-dealkylation sites (tertiary alicyclic amines) is 1. The van der Waals surface area contributed by atoms with Crippen LogP contribution in [0.25, 0.3) is 0 Å². The molecule has 8 nitrogen and oxygen atoms in total. The number of carbonyl (C=O) groups excluding carboxylic acids is 2. The van der Waals surface area contributed by atoms with Crippen LogP contribution in [0.2, 0.25) is 0 Å². The zero-order valence-corrected chi connectivity index (χ0v) is 18.3. The Morgan fingerprint density at radius 2 is 1.93 bits per heavy atom. The van der Waals surface area contributed by atoms with Gasteiger partial charge in [0.15, 0.2) is 6.10 Å². The molecular formula is C21H29N3O5S. The van der Waals surface area contributed by atoms with Gasteiger partial charge in [-0.05, 0) is 50.7 Å².